The van der Waals surface area contributed by atoms with Crippen LogP contribution in [0.3, 0.4) is 0 Å². The van der Waals surface area contributed by atoms with E-state index in [1.807, 2.05) is 25.2 Å². The molecule has 0 radical (unpaired) electrons. The fraction of sp³-hybridized carbons (Fsp3) is 0.467. The Kier molecular flexibility index (Phi) is 4.73. The molecule has 1 aliphatic rings. The molecule has 1 atom stereocenters. The van der Waals surface area contributed by atoms with Gasteiger partial charge in [-0.15, -0.1) is 0 Å². The lowest BCUT2D eigenvalue weighted by molar-refractivity contribution is -0.117. The second kappa shape index (κ2) is 6.33. The Hall–Kier alpha value is -1.46. The van der Waals surface area contributed by atoms with Crippen molar-refractivity contribution in [1.29, 1.82) is 0 Å². The van der Waals surface area contributed by atoms with E-state index in [9.17, 15) is 4.79 Å². The maximum absolute atomic E-state index is 12.0. The maximum atomic E-state index is 12.0. The second-order valence-corrected chi connectivity index (χ2v) is 5.93. The zero-order valence-corrected chi connectivity index (χ0v) is 12.7. The summed E-state index contributed by atoms with van der Waals surface area (Å²) in [5.41, 5.74) is 7.08. The van der Waals surface area contributed by atoms with Crippen LogP contribution >= 0.6 is 12.2 Å². The quantitative estimate of drug-likeness (QED) is 0.787. The van der Waals surface area contributed by atoms with Crippen molar-refractivity contribution in [1.82, 2.24) is 4.90 Å². The predicted molar refractivity (Wildman–Crippen MR) is 85.8 cm³/mol. The Morgan fingerprint density at radius 3 is 2.85 bits per heavy atom. The number of carbonyl (C=O) groups excluding carboxylic acids is 1. The number of carbonyl (C=O) groups is 1. The van der Waals surface area contributed by atoms with Crippen molar-refractivity contribution in [3.63, 3.8) is 0 Å². The molecule has 0 heterocycles. The second-order valence-electron chi connectivity index (χ2n) is 5.49. The van der Waals surface area contributed by atoms with Gasteiger partial charge in [-0.25, -0.2) is 0 Å². The van der Waals surface area contributed by atoms with Crippen molar-refractivity contribution in [3.8, 4) is 0 Å². The van der Waals surface area contributed by atoms with Gasteiger partial charge in [0, 0.05) is 17.3 Å². The molecule has 1 aromatic carbocycles. The molecule has 4 nitrogen and oxygen atoms in total. The lowest BCUT2D eigenvalue weighted by Crippen LogP contribution is -2.37. The number of anilines is 1. The Morgan fingerprint density at radius 1 is 1.55 bits per heavy atom. The summed E-state index contributed by atoms with van der Waals surface area (Å²) in [4.78, 5) is 14.5. The van der Waals surface area contributed by atoms with Gasteiger partial charge in [-0.2, -0.15) is 0 Å². The number of benzene rings is 1. The van der Waals surface area contributed by atoms with Crippen molar-refractivity contribution in [2.75, 3.05) is 18.9 Å². The zero-order chi connectivity index (χ0) is 14.7. The van der Waals surface area contributed by atoms with Crippen LogP contribution in [0.2, 0.25) is 0 Å². The molecule has 2 rings (SSSR count). The van der Waals surface area contributed by atoms with Crippen LogP contribution in [0.15, 0.2) is 24.3 Å². The largest absolute Gasteiger partial charge is 0.389 e. The summed E-state index contributed by atoms with van der Waals surface area (Å²) in [6.45, 7) is 2.58. The predicted octanol–water partition coefficient (Wildman–Crippen LogP) is 1.99. The number of nitrogens with two attached hydrogens (primary N) is 1. The molecule has 0 spiro atoms. The van der Waals surface area contributed by atoms with Crippen LogP contribution in [0.5, 0.6) is 0 Å². The van der Waals surface area contributed by atoms with Gasteiger partial charge in [0.15, 0.2) is 0 Å². The number of nitrogens with one attached hydrogen (secondary N) is 1. The third-order valence-corrected chi connectivity index (χ3v) is 4.06. The highest BCUT2D eigenvalue weighted by atomic mass is 32.1. The van der Waals surface area contributed by atoms with Crippen LogP contribution in [0.25, 0.3) is 0 Å². The van der Waals surface area contributed by atoms with E-state index < -0.39 is 0 Å². The summed E-state index contributed by atoms with van der Waals surface area (Å²) in [6, 6.07) is 7.76. The Balaban J connectivity index is 1.90. The monoisotopic (exact) mass is 291 g/mol. The molecule has 0 saturated heterocycles. The smallest absolute Gasteiger partial charge is 0.238 e. The number of rotatable bonds is 6. The van der Waals surface area contributed by atoms with Crippen molar-refractivity contribution < 1.29 is 4.79 Å². The Bertz CT molecular complexity index is 514. The molecule has 1 amide bonds. The molecule has 3 N–H and O–H groups in total. The summed E-state index contributed by atoms with van der Waals surface area (Å²) in [5, 5.41) is 2.89. The maximum Gasteiger partial charge on any atom is 0.238 e. The van der Waals surface area contributed by atoms with Gasteiger partial charge in [0.25, 0.3) is 0 Å². The van der Waals surface area contributed by atoms with Gasteiger partial charge in [-0.05, 0) is 44.9 Å². The Morgan fingerprint density at radius 2 is 2.25 bits per heavy atom. The first-order valence-corrected chi connectivity index (χ1v) is 7.28. The van der Waals surface area contributed by atoms with Crippen LogP contribution in [0.1, 0.15) is 25.3 Å². The minimum atomic E-state index is -0.0138. The molecule has 1 saturated carbocycles. The van der Waals surface area contributed by atoms with Gasteiger partial charge < -0.3 is 11.1 Å². The molecule has 0 bridgehead atoms. The van der Waals surface area contributed by atoms with Gasteiger partial charge in [-0.1, -0.05) is 24.4 Å². The van der Waals surface area contributed by atoms with E-state index in [4.69, 9.17) is 18.0 Å². The Labute approximate surface area is 125 Å². The number of hydrogen-bond acceptors (Lipinski definition) is 3. The molecular formula is C15H21N3OS. The van der Waals surface area contributed by atoms with Crippen LogP contribution in [0.4, 0.5) is 5.69 Å². The molecule has 108 valence electrons. The summed E-state index contributed by atoms with van der Waals surface area (Å²) in [6.07, 6.45) is 2.56. The minimum Gasteiger partial charge on any atom is -0.389 e. The zero-order valence-electron chi connectivity index (χ0n) is 11.9. The molecule has 5 heteroatoms. The third kappa shape index (κ3) is 4.02. The molecule has 1 aromatic rings. The summed E-state index contributed by atoms with van der Waals surface area (Å²) in [7, 11) is 1.99. The highest BCUT2D eigenvalue weighted by Gasteiger charge is 2.30. The summed E-state index contributed by atoms with van der Waals surface area (Å²) in [5.74, 6) is 0.742. The third-order valence-electron chi connectivity index (χ3n) is 3.82. The molecule has 0 aromatic heterocycles. The van der Waals surface area contributed by atoms with Gasteiger partial charge in [0.1, 0.15) is 4.99 Å². The number of thiocarbonyl (C=S) groups is 1. The lowest BCUT2D eigenvalue weighted by Gasteiger charge is -2.23. The molecule has 1 aliphatic carbocycles. The molecule has 1 unspecified atom stereocenters. The lowest BCUT2D eigenvalue weighted by atomic mass is 10.2. The van der Waals surface area contributed by atoms with E-state index in [2.05, 4.69) is 17.1 Å². The standard InChI is InChI=1S/C15H21N3OS/c1-10(11-6-7-11)18(2)9-14(19)17-13-5-3-4-12(8-13)15(16)20/h3-5,8,10-11H,6-7,9H2,1-2H3,(H2,16,20)(H,17,19). The highest BCUT2D eigenvalue weighted by molar-refractivity contribution is 7.80. The van der Waals surface area contributed by atoms with E-state index in [1.165, 1.54) is 12.8 Å². The molecule has 0 aliphatic heterocycles. The topological polar surface area (TPSA) is 58.4 Å². The van der Waals surface area contributed by atoms with Gasteiger partial charge >= 0.3 is 0 Å². The molecular weight excluding hydrogens is 270 g/mol. The van der Waals surface area contributed by atoms with Crippen LogP contribution in [-0.4, -0.2) is 35.4 Å². The first-order chi connectivity index (χ1) is 9.47. The van der Waals surface area contributed by atoms with Gasteiger partial charge in [-0.3, -0.25) is 9.69 Å². The van der Waals surface area contributed by atoms with Gasteiger partial charge in [0.2, 0.25) is 5.91 Å². The normalized spacial score (nSPS) is 15.9. The molecule has 1 fully saturated rings. The average molecular weight is 291 g/mol. The van der Waals surface area contributed by atoms with E-state index in [0.29, 0.717) is 17.6 Å². The van der Waals surface area contributed by atoms with Crippen molar-refractivity contribution in [2.45, 2.75) is 25.8 Å². The average Bonchev–Trinajstić information content (AvgIpc) is 3.22. The highest BCUT2D eigenvalue weighted by Crippen LogP contribution is 2.34. The van der Waals surface area contributed by atoms with Crippen molar-refractivity contribution in [3.05, 3.63) is 29.8 Å². The SMILES string of the molecule is CC(C1CC1)N(C)CC(=O)Nc1cccc(C(N)=S)c1. The van der Waals surface area contributed by atoms with Gasteiger partial charge in [0.05, 0.1) is 6.54 Å². The fourth-order valence-corrected chi connectivity index (χ4v) is 2.39. The minimum absolute atomic E-state index is 0.0138. The molecule has 20 heavy (non-hydrogen) atoms. The number of amides is 1. The van der Waals surface area contributed by atoms with E-state index in [0.717, 1.165) is 17.2 Å². The van der Waals surface area contributed by atoms with Crippen LogP contribution < -0.4 is 11.1 Å². The van der Waals surface area contributed by atoms with Crippen molar-refractivity contribution >= 4 is 28.8 Å². The van der Waals surface area contributed by atoms with Crippen molar-refractivity contribution in [2.24, 2.45) is 11.7 Å². The van der Waals surface area contributed by atoms with E-state index >= 15 is 0 Å². The summed E-state index contributed by atoms with van der Waals surface area (Å²) < 4.78 is 0. The van der Waals surface area contributed by atoms with Crippen LogP contribution in [0, 0.1) is 5.92 Å². The first-order valence-electron chi connectivity index (χ1n) is 6.87. The van der Waals surface area contributed by atoms with Crippen LogP contribution in [-0.2, 0) is 4.79 Å². The fourth-order valence-electron chi connectivity index (χ4n) is 2.26. The van der Waals surface area contributed by atoms with E-state index in [1.54, 1.807) is 6.07 Å². The number of hydrogen-bond donors (Lipinski definition) is 2. The summed E-state index contributed by atoms with van der Waals surface area (Å²) >= 11 is 4.93. The number of likely N-dealkylation sites (N-methyl/N-ethyl adjacent to an activating group) is 1. The van der Waals surface area contributed by atoms with E-state index in [-0.39, 0.29) is 5.91 Å². The number of nitrogens with zero attached hydrogens (tertiary/aromatic N) is 1. The first kappa shape index (κ1) is 14.9.